The predicted octanol–water partition coefficient (Wildman–Crippen LogP) is 3.65. The number of aromatic nitrogens is 2. The van der Waals surface area contributed by atoms with Gasteiger partial charge in [-0.05, 0) is 69.0 Å². The molecule has 4 rings (SSSR count). The maximum absolute atomic E-state index is 12.5. The minimum absolute atomic E-state index is 0. The van der Waals surface area contributed by atoms with Gasteiger partial charge in [-0.1, -0.05) is 17.3 Å². The summed E-state index contributed by atoms with van der Waals surface area (Å²) < 4.78 is 11.2. The molecule has 2 aromatic carbocycles. The molecule has 0 saturated carbocycles. The number of rotatable bonds is 8. The van der Waals surface area contributed by atoms with Crippen LogP contribution < -0.4 is 10.1 Å². The van der Waals surface area contributed by atoms with Crippen molar-refractivity contribution >= 4 is 18.3 Å². The topological polar surface area (TPSA) is 125 Å². The average molecular weight is 526 g/mol. The van der Waals surface area contributed by atoms with E-state index in [2.05, 4.69) is 21.5 Å². The van der Waals surface area contributed by atoms with Gasteiger partial charge in [0.15, 0.2) is 0 Å². The number of carbonyl (C=O) groups is 1. The molecule has 0 fully saturated rings. The number of nitrogens with one attached hydrogen (secondary N) is 1. The SMILES string of the molecule is Cc1c(-c2noc(-c3ccc(OC(C)C)c(C#N)c3)n2)ccc2c1CCN(C(=O)CNC[C@H](C)O)C2.Cl. The van der Waals surface area contributed by atoms with Gasteiger partial charge in [0.2, 0.25) is 11.7 Å². The first-order chi connectivity index (χ1) is 17.3. The number of ether oxygens (including phenoxy) is 1. The molecule has 1 aliphatic heterocycles. The Morgan fingerprint density at radius 1 is 1.30 bits per heavy atom. The molecule has 0 unspecified atom stereocenters. The molecule has 1 aromatic heterocycles. The zero-order valence-corrected chi connectivity index (χ0v) is 22.3. The molecule has 0 radical (unpaired) electrons. The summed E-state index contributed by atoms with van der Waals surface area (Å²) in [6.07, 6.45) is 0.213. The molecule has 0 spiro atoms. The Bertz CT molecular complexity index is 1300. The molecular formula is C27H32ClN5O4. The van der Waals surface area contributed by atoms with Gasteiger partial charge in [0.25, 0.3) is 5.89 Å². The van der Waals surface area contributed by atoms with E-state index >= 15 is 0 Å². The summed E-state index contributed by atoms with van der Waals surface area (Å²) in [6, 6.07) is 11.4. The van der Waals surface area contributed by atoms with Gasteiger partial charge in [0.05, 0.1) is 24.3 Å². The van der Waals surface area contributed by atoms with Crippen molar-refractivity contribution in [1.29, 1.82) is 5.26 Å². The molecule has 0 bridgehead atoms. The lowest BCUT2D eigenvalue weighted by Gasteiger charge is -2.30. The first-order valence-electron chi connectivity index (χ1n) is 12.1. The summed E-state index contributed by atoms with van der Waals surface area (Å²) in [4.78, 5) is 19.0. The number of amides is 1. The third-order valence-corrected chi connectivity index (χ3v) is 6.13. The number of fused-ring (bicyclic) bond motifs is 1. The van der Waals surface area contributed by atoms with Crippen molar-refractivity contribution < 1.29 is 19.2 Å². The van der Waals surface area contributed by atoms with Gasteiger partial charge in [-0.3, -0.25) is 4.79 Å². The Morgan fingerprint density at radius 3 is 2.78 bits per heavy atom. The van der Waals surface area contributed by atoms with E-state index in [1.807, 2.05) is 37.8 Å². The van der Waals surface area contributed by atoms with Gasteiger partial charge in [0.1, 0.15) is 11.8 Å². The number of nitriles is 1. The average Bonchev–Trinajstić information content (AvgIpc) is 3.33. The molecule has 3 aromatic rings. The maximum Gasteiger partial charge on any atom is 0.258 e. The summed E-state index contributed by atoms with van der Waals surface area (Å²) >= 11 is 0. The summed E-state index contributed by atoms with van der Waals surface area (Å²) in [6.45, 7) is 9.32. The number of aliphatic hydroxyl groups is 1. The van der Waals surface area contributed by atoms with Crippen molar-refractivity contribution in [3.8, 4) is 34.7 Å². The molecule has 9 nitrogen and oxygen atoms in total. The highest BCUT2D eigenvalue weighted by molar-refractivity contribution is 5.85. The summed E-state index contributed by atoms with van der Waals surface area (Å²) in [5.74, 6) is 1.35. The van der Waals surface area contributed by atoms with Crippen LogP contribution in [-0.4, -0.2) is 57.9 Å². The molecule has 1 amide bonds. The fraction of sp³-hybridized carbons (Fsp3) is 0.407. The van der Waals surface area contributed by atoms with E-state index in [0.717, 1.165) is 23.1 Å². The number of hydrogen-bond donors (Lipinski definition) is 2. The van der Waals surface area contributed by atoms with Gasteiger partial charge in [-0.2, -0.15) is 10.2 Å². The van der Waals surface area contributed by atoms with Crippen molar-refractivity contribution in [3.63, 3.8) is 0 Å². The molecule has 37 heavy (non-hydrogen) atoms. The molecule has 2 N–H and O–H groups in total. The summed E-state index contributed by atoms with van der Waals surface area (Å²) in [7, 11) is 0. The minimum Gasteiger partial charge on any atom is -0.490 e. The molecule has 196 valence electrons. The Morgan fingerprint density at radius 2 is 2.08 bits per heavy atom. The molecular weight excluding hydrogens is 494 g/mol. The van der Waals surface area contributed by atoms with Crippen molar-refractivity contribution in [2.24, 2.45) is 0 Å². The van der Waals surface area contributed by atoms with Crippen LogP contribution in [0.5, 0.6) is 5.75 Å². The smallest absolute Gasteiger partial charge is 0.258 e. The van der Waals surface area contributed by atoms with Crippen LogP contribution in [0.25, 0.3) is 22.8 Å². The summed E-state index contributed by atoms with van der Waals surface area (Å²) in [5, 5.41) is 26.1. The largest absolute Gasteiger partial charge is 0.490 e. The lowest BCUT2D eigenvalue weighted by atomic mass is 9.91. The Balaban J connectivity index is 0.00000380. The first-order valence-corrected chi connectivity index (χ1v) is 12.1. The fourth-order valence-corrected chi connectivity index (χ4v) is 4.35. The Kier molecular flexibility index (Phi) is 9.27. The second-order valence-electron chi connectivity index (χ2n) is 9.33. The van der Waals surface area contributed by atoms with E-state index in [1.165, 1.54) is 5.56 Å². The van der Waals surface area contributed by atoms with Crippen LogP contribution in [0.1, 0.15) is 43.0 Å². The highest BCUT2D eigenvalue weighted by Gasteiger charge is 2.24. The van der Waals surface area contributed by atoms with Crippen LogP contribution >= 0.6 is 12.4 Å². The Hall–Kier alpha value is -3.45. The number of nitrogens with zero attached hydrogens (tertiary/aromatic N) is 4. The lowest BCUT2D eigenvalue weighted by Crippen LogP contribution is -2.42. The zero-order valence-electron chi connectivity index (χ0n) is 21.4. The van der Waals surface area contributed by atoms with E-state index in [9.17, 15) is 15.2 Å². The van der Waals surface area contributed by atoms with Crippen LogP contribution in [0.2, 0.25) is 0 Å². The minimum atomic E-state index is -0.488. The van der Waals surface area contributed by atoms with Crippen LogP contribution in [0.15, 0.2) is 34.9 Å². The van der Waals surface area contributed by atoms with Gasteiger partial charge >= 0.3 is 0 Å². The second-order valence-corrected chi connectivity index (χ2v) is 9.33. The predicted molar refractivity (Wildman–Crippen MR) is 141 cm³/mol. The molecule has 2 heterocycles. The van der Waals surface area contributed by atoms with Crippen molar-refractivity contribution in [2.45, 2.75) is 52.9 Å². The number of benzene rings is 2. The van der Waals surface area contributed by atoms with Crippen LogP contribution in [0, 0.1) is 18.3 Å². The van der Waals surface area contributed by atoms with Gasteiger partial charge in [0, 0.05) is 30.8 Å². The highest BCUT2D eigenvalue weighted by atomic mass is 35.5. The quantitative estimate of drug-likeness (QED) is 0.456. The van der Waals surface area contributed by atoms with Crippen LogP contribution in [0.4, 0.5) is 0 Å². The number of carbonyl (C=O) groups excluding carboxylic acids is 1. The Labute approximate surface area is 222 Å². The zero-order chi connectivity index (χ0) is 25.8. The van der Waals surface area contributed by atoms with E-state index in [4.69, 9.17) is 9.26 Å². The van der Waals surface area contributed by atoms with Gasteiger partial charge in [-0.25, -0.2) is 0 Å². The van der Waals surface area contributed by atoms with E-state index in [1.54, 1.807) is 25.1 Å². The first kappa shape index (κ1) is 28.1. The number of hydrogen-bond acceptors (Lipinski definition) is 8. The van der Waals surface area contributed by atoms with Gasteiger partial charge in [-0.15, -0.1) is 12.4 Å². The van der Waals surface area contributed by atoms with Crippen molar-refractivity contribution in [1.82, 2.24) is 20.4 Å². The van der Waals surface area contributed by atoms with E-state index in [-0.39, 0.29) is 31.0 Å². The van der Waals surface area contributed by atoms with Crippen LogP contribution in [-0.2, 0) is 17.8 Å². The third kappa shape index (κ3) is 6.46. The highest BCUT2D eigenvalue weighted by Crippen LogP contribution is 2.32. The maximum atomic E-state index is 12.5. The molecule has 0 saturated heterocycles. The lowest BCUT2D eigenvalue weighted by molar-refractivity contribution is -0.131. The summed E-state index contributed by atoms with van der Waals surface area (Å²) in [5.41, 5.74) is 5.30. The molecule has 1 aliphatic rings. The van der Waals surface area contributed by atoms with Crippen LogP contribution in [0.3, 0.4) is 0 Å². The van der Waals surface area contributed by atoms with Gasteiger partial charge < -0.3 is 24.6 Å². The fourth-order valence-electron chi connectivity index (χ4n) is 4.35. The normalized spacial score (nSPS) is 13.5. The molecule has 1 atom stereocenters. The van der Waals surface area contributed by atoms with E-state index in [0.29, 0.717) is 48.2 Å². The van der Waals surface area contributed by atoms with Crippen molar-refractivity contribution in [3.05, 3.63) is 52.6 Å². The number of halogens is 1. The molecule has 10 heteroatoms. The molecule has 0 aliphatic carbocycles. The standard InChI is InChI=1S/C27H31N5O4.ClH/c1-16(2)35-24-8-6-19(11-21(24)12-28)27-30-26(31-36-27)23-7-5-20-15-32(10-9-22(20)18(23)4)25(34)14-29-13-17(3)33;/h5-8,11,16-17,29,33H,9-10,13-15H2,1-4H3;1H/t17-;/m0./s1. The third-order valence-electron chi connectivity index (χ3n) is 6.13. The van der Waals surface area contributed by atoms with Crippen molar-refractivity contribution in [2.75, 3.05) is 19.6 Å². The van der Waals surface area contributed by atoms with E-state index < -0.39 is 6.10 Å². The number of aliphatic hydroxyl groups excluding tert-OH is 1. The monoisotopic (exact) mass is 525 g/mol. The second kappa shape index (κ2) is 12.2.